The Hall–Kier alpha value is -1.26. The van der Waals surface area contributed by atoms with Crippen LogP contribution in [-0.2, 0) is 9.53 Å². The lowest BCUT2D eigenvalue weighted by atomic mass is 10.0. The van der Waals surface area contributed by atoms with Crippen LogP contribution >= 0.6 is 11.6 Å². The van der Waals surface area contributed by atoms with Crippen LogP contribution in [0.15, 0.2) is 18.2 Å². The minimum atomic E-state index is -0.611. The van der Waals surface area contributed by atoms with Crippen LogP contribution in [0.3, 0.4) is 0 Å². The average molecular weight is 328 g/mol. The first-order valence-electron chi connectivity index (χ1n) is 7.60. The quantitative estimate of drug-likeness (QED) is 0.775. The molecule has 4 nitrogen and oxygen atoms in total. The SMILES string of the molecule is CC(C)c1ccc(Cl)c(O[C@@H](C)COC(=O)C(N)C(C)C)c1. The van der Waals surface area contributed by atoms with Crippen LogP contribution in [0.4, 0.5) is 0 Å². The van der Waals surface area contributed by atoms with Crippen molar-refractivity contribution < 1.29 is 14.3 Å². The molecule has 0 aliphatic carbocycles. The van der Waals surface area contributed by atoms with Crippen molar-refractivity contribution in [1.82, 2.24) is 0 Å². The zero-order chi connectivity index (χ0) is 16.9. The van der Waals surface area contributed by atoms with E-state index in [0.717, 1.165) is 5.56 Å². The summed E-state index contributed by atoms with van der Waals surface area (Å²) in [6.45, 7) is 9.93. The molecule has 2 N–H and O–H groups in total. The van der Waals surface area contributed by atoms with Crippen LogP contribution in [0, 0.1) is 5.92 Å². The largest absolute Gasteiger partial charge is 0.486 e. The number of benzene rings is 1. The Morgan fingerprint density at radius 1 is 1.23 bits per heavy atom. The van der Waals surface area contributed by atoms with Gasteiger partial charge in [0.05, 0.1) is 5.02 Å². The number of halogens is 1. The molecule has 0 fully saturated rings. The van der Waals surface area contributed by atoms with Gasteiger partial charge in [0.25, 0.3) is 0 Å². The lowest BCUT2D eigenvalue weighted by molar-refractivity contribution is -0.148. The van der Waals surface area contributed by atoms with Crippen molar-refractivity contribution in [3.05, 3.63) is 28.8 Å². The lowest BCUT2D eigenvalue weighted by Gasteiger charge is -2.19. The highest BCUT2D eigenvalue weighted by Crippen LogP contribution is 2.29. The number of hydrogen-bond donors (Lipinski definition) is 1. The summed E-state index contributed by atoms with van der Waals surface area (Å²) in [7, 11) is 0. The van der Waals surface area contributed by atoms with Crippen LogP contribution in [0.2, 0.25) is 5.02 Å². The van der Waals surface area contributed by atoms with Crippen molar-refractivity contribution in [2.24, 2.45) is 11.7 Å². The summed E-state index contributed by atoms with van der Waals surface area (Å²) in [5.41, 5.74) is 6.88. The molecular formula is C17H26ClNO3. The van der Waals surface area contributed by atoms with E-state index in [4.69, 9.17) is 26.8 Å². The molecule has 0 amide bonds. The molecule has 0 saturated heterocycles. The fourth-order valence-electron chi connectivity index (χ4n) is 1.79. The van der Waals surface area contributed by atoms with Gasteiger partial charge in [0.15, 0.2) is 0 Å². The maximum atomic E-state index is 11.7. The molecule has 0 bridgehead atoms. The first-order chi connectivity index (χ1) is 10.2. The fourth-order valence-corrected chi connectivity index (χ4v) is 1.95. The third-order valence-electron chi connectivity index (χ3n) is 3.40. The van der Waals surface area contributed by atoms with E-state index < -0.39 is 12.0 Å². The number of ether oxygens (including phenoxy) is 2. The van der Waals surface area contributed by atoms with Crippen LogP contribution in [-0.4, -0.2) is 24.7 Å². The molecular weight excluding hydrogens is 302 g/mol. The van der Waals surface area contributed by atoms with E-state index in [9.17, 15) is 4.79 Å². The molecule has 0 aliphatic rings. The zero-order valence-electron chi connectivity index (χ0n) is 13.9. The predicted molar refractivity (Wildman–Crippen MR) is 89.4 cm³/mol. The van der Waals surface area contributed by atoms with Crippen molar-refractivity contribution in [3.8, 4) is 5.75 Å². The van der Waals surface area contributed by atoms with Gasteiger partial charge in [-0.25, -0.2) is 0 Å². The third kappa shape index (κ3) is 5.50. The van der Waals surface area contributed by atoms with E-state index in [2.05, 4.69) is 13.8 Å². The van der Waals surface area contributed by atoms with Gasteiger partial charge in [-0.3, -0.25) is 4.79 Å². The van der Waals surface area contributed by atoms with Crippen molar-refractivity contribution >= 4 is 17.6 Å². The van der Waals surface area contributed by atoms with Gasteiger partial charge < -0.3 is 15.2 Å². The standard InChI is InChI=1S/C17H26ClNO3/c1-10(2)13-6-7-14(18)15(8-13)22-12(5)9-21-17(20)16(19)11(3)4/h6-8,10-12,16H,9,19H2,1-5H3/t12-,16?/m0/s1. The molecule has 2 atom stereocenters. The first kappa shape index (κ1) is 18.8. The number of rotatable bonds is 7. The summed E-state index contributed by atoms with van der Waals surface area (Å²) >= 11 is 6.15. The van der Waals surface area contributed by atoms with Gasteiger partial charge in [-0.2, -0.15) is 0 Å². The second-order valence-electron chi connectivity index (χ2n) is 6.17. The molecule has 124 valence electrons. The molecule has 1 unspecified atom stereocenters. The Labute approximate surface area is 137 Å². The maximum Gasteiger partial charge on any atom is 0.323 e. The molecule has 0 saturated carbocycles. The van der Waals surface area contributed by atoms with Gasteiger partial charge in [0.1, 0.15) is 24.5 Å². The summed E-state index contributed by atoms with van der Waals surface area (Å²) in [6.07, 6.45) is -0.303. The van der Waals surface area contributed by atoms with E-state index in [1.165, 1.54) is 0 Å². The molecule has 5 heteroatoms. The molecule has 1 aromatic rings. The Kier molecular flexibility index (Phi) is 7.17. The normalized spacial score (nSPS) is 14.0. The summed E-state index contributed by atoms with van der Waals surface area (Å²) in [6, 6.07) is 5.11. The predicted octanol–water partition coefficient (Wildman–Crippen LogP) is 3.76. The van der Waals surface area contributed by atoms with Gasteiger partial charge >= 0.3 is 5.97 Å². The van der Waals surface area contributed by atoms with Gasteiger partial charge in [-0.15, -0.1) is 0 Å². The van der Waals surface area contributed by atoms with Crippen molar-refractivity contribution in [2.45, 2.75) is 52.7 Å². The Morgan fingerprint density at radius 3 is 2.41 bits per heavy atom. The second-order valence-corrected chi connectivity index (χ2v) is 6.58. The Bertz CT molecular complexity index is 503. The summed E-state index contributed by atoms with van der Waals surface area (Å²) in [5, 5.41) is 0.543. The highest BCUT2D eigenvalue weighted by atomic mass is 35.5. The second kappa shape index (κ2) is 8.39. The Balaban J connectivity index is 2.60. The van der Waals surface area contributed by atoms with Crippen molar-refractivity contribution in [2.75, 3.05) is 6.61 Å². The number of carbonyl (C=O) groups is 1. The summed E-state index contributed by atoms with van der Waals surface area (Å²) in [5.74, 6) is 0.620. The van der Waals surface area contributed by atoms with Crippen molar-refractivity contribution in [3.63, 3.8) is 0 Å². The lowest BCUT2D eigenvalue weighted by Crippen LogP contribution is -2.38. The number of nitrogens with two attached hydrogens (primary N) is 1. The number of carbonyl (C=O) groups excluding carboxylic acids is 1. The maximum absolute atomic E-state index is 11.7. The third-order valence-corrected chi connectivity index (χ3v) is 3.71. The van der Waals surface area contributed by atoms with Gasteiger partial charge in [-0.05, 0) is 36.5 Å². The average Bonchev–Trinajstić information content (AvgIpc) is 2.45. The molecule has 1 aromatic carbocycles. The topological polar surface area (TPSA) is 61.5 Å². The van der Waals surface area contributed by atoms with Gasteiger partial charge in [0.2, 0.25) is 0 Å². The summed E-state index contributed by atoms with van der Waals surface area (Å²) < 4.78 is 11.0. The molecule has 1 rings (SSSR count). The van der Waals surface area contributed by atoms with Crippen LogP contribution in [0.1, 0.15) is 46.1 Å². The summed E-state index contributed by atoms with van der Waals surface area (Å²) in [4.78, 5) is 11.7. The number of esters is 1. The molecule has 22 heavy (non-hydrogen) atoms. The van der Waals surface area contributed by atoms with Crippen LogP contribution in [0.5, 0.6) is 5.75 Å². The van der Waals surface area contributed by atoms with Gasteiger partial charge in [0, 0.05) is 0 Å². The first-order valence-corrected chi connectivity index (χ1v) is 7.98. The monoisotopic (exact) mass is 327 g/mol. The minimum absolute atomic E-state index is 0.0425. The highest BCUT2D eigenvalue weighted by molar-refractivity contribution is 6.32. The van der Waals surface area contributed by atoms with E-state index in [-0.39, 0.29) is 18.6 Å². The zero-order valence-corrected chi connectivity index (χ0v) is 14.7. The molecule has 0 spiro atoms. The van der Waals surface area contributed by atoms with Crippen LogP contribution in [0.25, 0.3) is 0 Å². The molecule has 0 heterocycles. The molecule has 0 aliphatic heterocycles. The Morgan fingerprint density at radius 2 is 1.86 bits per heavy atom. The van der Waals surface area contributed by atoms with Gasteiger partial charge in [-0.1, -0.05) is 45.4 Å². The number of hydrogen-bond acceptors (Lipinski definition) is 4. The van der Waals surface area contributed by atoms with E-state index in [0.29, 0.717) is 16.7 Å². The minimum Gasteiger partial charge on any atom is -0.486 e. The fraction of sp³-hybridized carbons (Fsp3) is 0.588. The van der Waals surface area contributed by atoms with Crippen LogP contribution < -0.4 is 10.5 Å². The molecule has 0 aromatic heterocycles. The smallest absolute Gasteiger partial charge is 0.323 e. The van der Waals surface area contributed by atoms with Crippen molar-refractivity contribution in [1.29, 1.82) is 0 Å². The highest BCUT2D eigenvalue weighted by Gasteiger charge is 2.20. The van der Waals surface area contributed by atoms with E-state index in [1.54, 1.807) is 0 Å². The molecule has 0 radical (unpaired) electrons. The van der Waals surface area contributed by atoms with E-state index >= 15 is 0 Å². The van der Waals surface area contributed by atoms with E-state index in [1.807, 2.05) is 39.0 Å².